The van der Waals surface area contributed by atoms with E-state index in [4.69, 9.17) is 14.7 Å². The van der Waals surface area contributed by atoms with Crippen molar-refractivity contribution in [2.24, 2.45) is 4.99 Å². The number of carbonyl (C=O) groups is 1. The first kappa shape index (κ1) is 21.9. The predicted octanol–water partition coefficient (Wildman–Crippen LogP) is 4.65. The van der Waals surface area contributed by atoms with Crippen LogP contribution in [0.15, 0.2) is 56.7 Å². The largest absolute Gasteiger partial charge is 0.492 e. The number of imidazole rings is 1. The highest BCUT2D eigenvalue weighted by Crippen LogP contribution is 2.37. The van der Waals surface area contributed by atoms with Crippen molar-refractivity contribution < 1.29 is 9.53 Å². The van der Waals surface area contributed by atoms with Gasteiger partial charge in [-0.25, -0.2) is 9.98 Å². The van der Waals surface area contributed by atoms with Gasteiger partial charge in [-0.1, -0.05) is 36.4 Å². The van der Waals surface area contributed by atoms with Crippen LogP contribution in [0, 0.1) is 0 Å². The Balaban J connectivity index is 1.35. The first-order chi connectivity index (χ1) is 16.5. The lowest BCUT2D eigenvalue weighted by atomic mass is 10.1. The number of anilines is 1. The van der Waals surface area contributed by atoms with Gasteiger partial charge in [-0.2, -0.15) is 0 Å². The van der Waals surface area contributed by atoms with E-state index < -0.39 is 0 Å². The first-order valence-corrected chi connectivity index (χ1v) is 13.0. The van der Waals surface area contributed by atoms with Gasteiger partial charge >= 0.3 is 0 Å². The minimum Gasteiger partial charge on any atom is -0.492 e. The molecular formula is C25H23Br2N5O2. The molecule has 2 aromatic carbocycles. The van der Waals surface area contributed by atoms with E-state index in [1.807, 2.05) is 29.7 Å². The van der Waals surface area contributed by atoms with Crippen LogP contribution < -0.4 is 9.64 Å². The van der Waals surface area contributed by atoms with Crippen molar-refractivity contribution in [2.75, 3.05) is 24.6 Å². The maximum absolute atomic E-state index is 13.6. The van der Waals surface area contributed by atoms with Crippen LogP contribution >= 0.6 is 31.9 Å². The number of rotatable bonds is 5. The van der Waals surface area contributed by atoms with E-state index in [0.717, 1.165) is 28.6 Å². The van der Waals surface area contributed by atoms with Crippen LogP contribution in [-0.2, 0) is 19.4 Å². The molecule has 1 amide bonds. The van der Waals surface area contributed by atoms with Gasteiger partial charge in [0, 0.05) is 13.0 Å². The second-order valence-electron chi connectivity index (χ2n) is 8.74. The molecule has 3 aromatic rings. The van der Waals surface area contributed by atoms with Gasteiger partial charge in [-0.3, -0.25) is 14.6 Å². The SMILES string of the molecule is CCN1C(=O)c2c(nc(Br)n2Cc2cc(Br)c3c(c2)CCO3)N2C[C@@H](Cc3ccccc3)N=C12. The average Bonchev–Trinajstić information content (AvgIpc) is 3.53. The Kier molecular flexibility index (Phi) is 5.49. The molecule has 9 heteroatoms. The van der Waals surface area contributed by atoms with Crippen molar-refractivity contribution in [3.63, 3.8) is 0 Å². The summed E-state index contributed by atoms with van der Waals surface area (Å²) in [7, 11) is 0. The van der Waals surface area contributed by atoms with Crippen LogP contribution in [0.25, 0.3) is 0 Å². The number of fused-ring (bicyclic) bond motifs is 4. The van der Waals surface area contributed by atoms with Gasteiger partial charge in [-0.15, -0.1) is 0 Å². The monoisotopic (exact) mass is 583 g/mol. The molecule has 0 fully saturated rings. The standard InChI is InChI=1S/C25H23Br2N5O2/c1-2-30-23(33)20-22(32-14-18(28-25(30)32)11-15-6-4-3-5-7-15)29-24(27)31(20)13-16-10-17-8-9-34-21(17)19(26)12-16/h3-7,10,12,18H,2,8-9,11,13-14H2,1H3/t18-/m1/s1. The number of amides is 1. The fourth-order valence-electron chi connectivity index (χ4n) is 5.02. The number of aromatic nitrogens is 2. The van der Waals surface area contributed by atoms with E-state index in [0.29, 0.717) is 48.4 Å². The van der Waals surface area contributed by atoms with E-state index in [1.165, 1.54) is 11.1 Å². The number of hydrogen-bond acceptors (Lipinski definition) is 5. The Bertz CT molecular complexity index is 1320. The van der Waals surface area contributed by atoms with Gasteiger partial charge in [0.1, 0.15) is 5.75 Å². The average molecular weight is 585 g/mol. The molecule has 0 N–H and O–H groups in total. The van der Waals surface area contributed by atoms with Crippen molar-refractivity contribution >= 4 is 49.5 Å². The molecule has 0 aliphatic carbocycles. The molecule has 3 aliphatic heterocycles. The van der Waals surface area contributed by atoms with Crippen molar-refractivity contribution in [1.29, 1.82) is 0 Å². The molecular weight excluding hydrogens is 562 g/mol. The third-order valence-corrected chi connectivity index (χ3v) is 7.74. The molecule has 0 radical (unpaired) electrons. The second-order valence-corrected chi connectivity index (χ2v) is 10.3. The maximum atomic E-state index is 13.6. The van der Waals surface area contributed by atoms with Crippen molar-refractivity contribution in [1.82, 2.24) is 14.5 Å². The summed E-state index contributed by atoms with van der Waals surface area (Å²) >= 11 is 7.27. The fraction of sp³-hybridized carbons (Fsp3) is 0.320. The number of ether oxygens (including phenoxy) is 1. The molecule has 174 valence electrons. The second kappa shape index (κ2) is 8.53. The Hall–Kier alpha value is -2.65. The third-order valence-electron chi connectivity index (χ3n) is 6.55. The highest BCUT2D eigenvalue weighted by atomic mass is 79.9. The molecule has 3 aliphatic rings. The molecule has 0 bridgehead atoms. The Morgan fingerprint density at radius 2 is 1.97 bits per heavy atom. The van der Waals surface area contributed by atoms with Crippen LogP contribution in [0.5, 0.6) is 5.75 Å². The lowest BCUT2D eigenvalue weighted by molar-refractivity contribution is 0.0836. The molecule has 0 spiro atoms. The number of guanidine groups is 1. The van der Waals surface area contributed by atoms with E-state index in [1.54, 1.807) is 4.90 Å². The van der Waals surface area contributed by atoms with Gasteiger partial charge in [-0.05, 0) is 68.0 Å². The van der Waals surface area contributed by atoms with Gasteiger partial charge in [0.15, 0.2) is 16.2 Å². The minimum absolute atomic E-state index is 0.0605. The molecule has 0 saturated heterocycles. The predicted molar refractivity (Wildman–Crippen MR) is 138 cm³/mol. The van der Waals surface area contributed by atoms with Crippen molar-refractivity contribution in [3.05, 3.63) is 74.1 Å². The lowest BCUT2D eigenvalue weighted by Gasteiger charge is -2.33. The van der Waals surface area contributed by atoms with E-state index in [-0.39, 0.29) is 11.9 Å². The smallest absolute Gasteiger partial charge is 0.281 e. The summed E-state index contributed by atoms with van der Waals surface area (Å²) in [4.78, 5) is 27.2. The number of carbonyl (C=O) groups excluding carboxylic acids is 1. The minimum atomic E-state index is -0.0605. The zero-order valence-corrected chi connectivity index (χ0v) is 21.8. The summed E-state index contributed by atoms with van der Waals surface area (Å²) in [5.74, 6) is 2.25. The third kappa shape index (κ3) is 3.56. The molecule has 7 nitrogen and oxygen atoms in total. The number of aliphatic imine (C=N–C) groups is 1. The van der Waals surface area contributed by atoms with Gasteiger partial charge < -0.3 is 9.30 Å². The Labute approximate surface area is 214 Å². The quantitative estimate of drug-likeness (QED) is 0.438. The Morgan fingerprint density at radius 1 is 1.15 bits per heavy atom. The van der Waals surface area contributed by atoms with Crippen LogP contribution in [0.3, 0.4) is 0 Å². The highest BCUT2D eigenvalue weighted by molar-refractivity contribution is 9.10. The highest BCUT2D eigenvalue weighted by Gasteiger charge is 2.43. The maximum Gasteiger partial charge on any atom is 0.281 e. The summed E-state index contributed by atoms with van der Waals surface area (Å²) in [5, 5.41) is 0. The van der Waals surface area contributed by atoms with Gasteiger partial charge in [0.25, 0.3) is 5.91 Å². The first-order valence-electron chi connectivity index (χ1n) is 11.4. The van der Waals surface area contributed by atoms with Gasteiger partial charge in [0.2, 0.25) is 5.96 Å². The molecule has 1 aromatic heterocycles. The molecule has 34 heavy (non-hydrogen) atoms. The van der Waals surface area contributed by atoms with Gasteiger partial charge in [0.05, 0.1) is 30.2 Å². The summed E-state index contributed by atoms with van der Waals surface area (Å²) in [6.07, 6.45) is 1.72. The summed E-state index contributed by atoms with van der Waals surface area (Å²) in [6.45, 7) is 4.47. The lowest BCUT2D eigenvalue weighted by Crippen LogP contribution is -2.50. The van der Waals surface area contributed by atoms with Crippen LogP contribution in [0.1, 0.15) is 34.1 Å². The summed E-state index contributed by atoms with van der Waals surface area (Å²) < 4.78 is 9.27. The van der Waals surface area contributed by atoms with Crippen LogP contribution in [0.2, 0.25) is 0 Å². The normalized spacial score (nSPS) is 18.5. The number of halogens is 2. The van der Waals surface area contributed by atoms with Crippen LogP contribution in [0.4, 0.5) is 5.82 Å². The summed E-state index contributed by atoms with van der Waals surface area (Å²) in [5.41, 5.74) is 4.12. The number of nitrogens with zero attached hydrogens (tertiary/aromatic N) is 5. The molecule has 0 unspecified atom stereocenters. The Morgan fingerprint density at radius 3 is 2.76 bits per heavy atom. The number of hydrogen-bond donors (Lipinski definition) is 0. The van der Waals surface area contributed by atoms with Crippen molar-refractivity contribution in [2.45, 2.75) is 32.4 Å². The zero-order chi connectivity index (χ0) is 23.4. The van der Waals surface area contributed by atoms with E-state index in [9.17, 15) is 4.79 Å². The van der Waals surface area contributed by atoms with E-state index >= 15 is 0 Å². The topological polar surface area (TPSA) is 63.0 Å². The molecule has 1 atom stereocenters. The van der Waals surface area contributed by atoms with E-state index in [2.05, 4.69) is 61.0 Å². The number of benzene rings is 2. The van der Waals surface area contributed by atoms with Crippen LogP contribution in [-0.4, -0.2) is 52.1 Å². The molecule has 6 rings (SSSR count). The fourth-order valence-corrected chi connectivity index (χ4v) is 6.15. The zero-order valence-electron chi connectivity index (χ0n) is 18.7. The van der Waals surface area contributed by atoms with Crippen molar-refractivity contribution in [3.8, 4) is 5.75 Å². The summed E-state index contributed by atoms with van der Waals surface area (Å²) in [6, 6.07) is 14.7. The molecule has 4 heterocycles. The molecule has 0 saturated carbocycles.